The predicted molar refractivity (Wildman–Crippen MR) is 79.6 cm³/mol. The smallest absolute Gasteiger partial charge is 0.317 e. The molecule has 1 aliphatic heterocycles. The summed E-state index contributed by atoms with van der Waals surface area (Å²) < 4.78 is 0. The fourth-order valence-electron chi connectivity index (χ4n) is 2.96. The molecule has 0 aliphatic carbocycles. The van der Waals surface area contributed by atoms with Gasteiger partial charge in [0.2, 0.25) is 0 Å². The van der Waals surface area contributed by atoms with Crippen molar-refractivity contribution in [3.8, 4) is 0 Å². The summed E-state index contributed by atoms with van der Waals surface area (Å²) in [6.45, 7) is 6.12. The van der Waals surface area contributed by atoms with E-state index < -0.39 is 5.97 Å². The first-order valence-corrected chi connectivity index (χ1v) is 7.41. The third-order valence-electron chi connectivity index (χ3n) is 4.07. The van der Waals surface area contributed by atoms with Crippen molar-refractivity contribution in [2.45, 2.75) is 32.4 Å². The second-order valence-electron chi connectivity index (χ2n) is 5.45. The van der Waals surface area contributed by atoms with Gasteiger partial charge in [-0.2, -0.15) is 0 Å². The molecule has 4 nitrogen and oxygen atoms in total. The number of likely N-dealkylation sites (N-methyl/N-ethyl adjacent to an activating group) is 1. The van der Waals surface area contributed by atoms with Crippen molar-refractivity contribution in [3.05, 3.63) is 35.9 Å². The Labute approximate surface area is 121 Å². The number of aliphatic carboxylic acids is 1. The van der Waals surface area contributed by atoms with E-state index in [0.717, 1.165) is 39.0 Å². The van der Waals surface area contributed by atoms with Crippen molar-refractivity contribution >= 4 is 5.97 Å². The molecule has 0 spiro atoms. The van der Waals surface area contributed by atoms with E-state index in [1.165, 1.54) is 5.56 Å². The summed E-state index contributed by atoms with van der Waals surface area (Å²) in [5.74, 6) is -0.724. The SMILES string of the molecule is CCN(CC(=O)O)C1CCN(Cc2ccccc2)CC1. The first-order chi connectivity index (χ1) is 9.69. The summed E-state index contributed by atoms with van der Waals surface area (Å²) in [4.78, 5) is 15.4. The third-order valence-corrected chi connectivity index (χ3v) is 4.07. The lowest BCUT2D eigenvalue weighted by molar-refractivity contribution is -0.139. The van der Waals surface area contributed by atoms with Gasteiger partial charge in [0.05, 0.1) is 6.54 Å². The van der Waals surface area contributed by atoms with Gasteiger partial charge in [-0.15, -0.1) is 0 Å². The van der Waals surface area contributed by atoms with Crippen molar-refractivity contribution in [2.24, 2.45) is 0 Å². The zero-order chi connectivity index (χ0) is 14.4. The number of benzene rings is 1. The van der Waals surface area contributed by atoms with E-state index in [0.29, 0.717) is 6.04 Å². The monoisotopic (exact) mass is 276 g/mol. The van der Waals surface area contributed by atoms with Crippen molar-refractivity contribution in [1.29, 1.82) is 0 Å². The van der Waals surface area contributed by atoms with Crippen LogP contribution in [0.1, 0.15) is 25.3 Å². The minimum atomic E-state index is -0.724. The van der Waals surface area contributed by atoms with Gasteiger partial charge in [-0.25, -0.2) is 0 Å². The van der Waals surface area contributed by atoms with Crippen LogP contribution in [0.5, 0.6) is 0 Å². The molecule has 1 fully saturated rings. The largest absolute Gasteiger partial charge is 0.480 e. The van der Waals surface area contributed by atoms with E-state index in [1.54, 1.807) is 0 Å². The number of hydrogen-bond acceptors (Lipinski definition) is 3. The molecule has 1 heterocycles. The summed E-state index contributed by atoms with van der Waals surface area (Å²) in [6.07, 6.45) is 2.13. The van der Waals surface area contributed by atoms with Gasteiger partial charge in [-0.3, -0.25) is 14.6 Å². The van der Waals surface area contributed by atoms with Gasteiger partial charge in [-0.1, -0.05) is 37.3 Å². The average molecular weight is 276 g/mol. The van der Waals surface area contributed by atoms with Gasteiger partial charge < -0.3 is 5.11 Å². The molecule has 0 amide bonds. The fourth-order valence-corrected chi connectivity index (χ4v) is 2.96. The van der Waals surface area contributed by atoms with Crippen LogP contribution in [0.3, 0.4) is 0 Å². The minimum absolute atomic E-state index is 0.167. The second-order valence-corrected chi connectivity index (χ2v) is 5.45. The Morgan fingerprint density at radius 2 is 1.95 bits per heavy atom. The van der Waals surface area contributed by atoms with Gasteiger partial charge in [0.25, 0.3) is 0 Å². The molecule has 0 radical (unpaired) electrons. The highest BCUT2D eigenvalue weighted by molar-refractivity contribution is 5.69. The van der Waals surface area contributed by atoms with E-state index in [2.05, 4.69) is 34.1 Å². The number of likely N-dealkylation sites (tertiary alicyclic amines) is 1. The van der Waals surface area contributed by atoms with Gasteiger partial charge in [0.15, 0.2) is 0 Å². The summed E-state index contributed by atoms with van der Waals surface area (Å²) in [5.41, 5.74) is 1.35. The maximum atomic E-state index is 10.9. The highest BCUT2D eigenvalue weighted by atomic mass is 16.4. The Hall–Kier alpha value is -1.39. The Balaban J connectivity index is 1.81. The molecule has 2 rings (SSSR count). The van der Waals surface area contributed by atoms with Crippen molar-refractivity contribution in [2.75, 3.05) is 26.2 Å². The van der Waals surface area contributed by atoms with E-state index >= 15 is 0 Å². The molecule has 0 bridgehead atoms. The predicted octanol–water partition coefficient (Wildman–Crippen LogP) is 2.06. The molecular weight excluding hydrogens is 252 g/mol. The molecule has 4 heteroatoms. The van der Waals surface area contributed by atoms with E-state index in [4.69, 9.17) is 5.11 Å². The lowest BCUT2D eigenvalue weighted by atomic mass is 10.0. The summed E-state index contributed by atoms with van der Waals surface area (Å²) >= 11 is 0. The lowest BCUT2D eigenvalue weighted by Gasteiger charge is -2.37. The number of carboxylic acid groups (broad SMARTS) is 1. The normalized spacial score (nSPS) is 17.5. The van der Waals surface area contributed by atoms with Crippen molar-refractivity contribution < 1.29 is 9.90 Å². The Kier molecular flexibility index (Phi) is 5.56. The zero-order valence-electron chi connectivity index (χ0n) is 12.2. The molecule has 1 aromatic rings. The Morgan fingerprint density at radius 1 is 1.30 bits per heavy atom. The highest BCUT2D eigenvalue weighted by Gasteiger charge is 2.24. The Morgan fingerprint density at radius 3 is 2.50 bits per heavy atom. The van der Waals surface area contributed by atoms with Crippen LogP contribution in [0.2, 0.25) is 0 Å². The molecule has 1 saturated heterocycles. The molecule has 110 valence electrons. The van der Waals surface area contributed by atoms with E-state index in [1.807, 2.05) is 13.0 Å². The molecule has 0 unspecified atom stereocenters. The van der Waals surface area contributed by atoms with E-state index in [9.17, 15) is 4.79 Å². The average Bonchev–Trinajstić information content (AvgIpc) is 2.46. The second kappa shape index (κ2) is 7.41. The number of carbonyl (C=O) groups is 1. The molecule has 0 atom stereocenters. The fraction of sp³-hybridized carbons (Fsp3) is 0.562. The van der Waals surface area contributed by atoms with Crippen molar-refractivity contribution in [1.82, 2.24) is 9.80 Å². The van der Waals surface area contributed by atoms with Gasteiger partial charge in [0.1, 0.15) is 0 Å². The molecular formula is C16H24N2O2. The topological polar surface area (TPSA) is 43.8 Å². The Bertz CT molecular complexity index is 414. The van der Waals surface area contributed by atoms with Crippen LogP contribution in [0.4, 0.5) is 0 Å². The summed E-state index contributed by atoms with van der Waals surface area (Å²) in [5, 5.41) is 8.94. The van der Waals surface area contributed by atoms with Crippen LogP contribution in [0, 0.1) is 0 Å². The summed E-state index contributed by atoms with van der Waals surface area (Å²) in [7, 11) is 0. The zero-order valence-corrected chi connectivity index (χ0v) is 12.2. The maximum Gasteiger partial charge on any atom is 0.317 e. The molecule has 0 saturated carbocycles. The van der Waals surface area contributed by atoms with Crippen LogP contribution in [0.15, 0.2) is 30.3 Å². The molecule has 20 heavy (non-hydrogen) atoms. The molecule has 0 aromatic heterocycles. The third kappa shape index (κ3) is 4.32. The van der Waals surface area contributed by atoms with Gasteiger partial charge in [0, 0.05) is 12.6 Å². The molecule has 1 aliphatic rings. The number of hydrogen-bond donors (Lipinski definition) is 1. The number of carboxylic acids is 1. The number of nitrogens with zero attached hydrogens (tertiary/aromatic N) is 2. The van der Waals surface area contributed by atoms with Crippen LogP contribution in [-0.4, -0.2) is 53.1 Å². The quantitative estimate of drug-likeness (QED) is 0.863. The maximum absolute atomic E-state index is 10.9. The van der Waals surface area contributed by atoms with Crippen LogP contribution in [-0.2, 0) is 11.3 Å². The number of rotatable bonds is 6. The van der Waals surface area contributed by atoms with E-state index in [-0.39, 0.29) is 6.54 Å². The summed E-state index contributed by atoms with van der Waals surface area (Å²) in [6, 6.07) is 10.9. The standard InChI is InChI=1S/C16H24N2O2/c1-2-18(13-16(19)20)15-8-10-17(11-9-15)12-14-6-4-3-5-7-14/h3-7,15H,2,8-13H2,1H3,(H,19,20). The van der Waals surface area contributed by atoms with Crippen molar-refractivity contribution in [3.63, 3.8) is 0 Å². The lowest BCUT2D eigenvalue weighted by Crippen LogP contribution is -2.46. The van der Waals surface area contributed by atoms with Gasteiger partial charge in [-0.05, 0) is 38.0 Å². The van der Waals surface area contributed by atoms with Crippen LogP contribution >= 0.6 is 0 Å². The highest BCUT2D eigenvalue weighted by Crippen LogP contribution is 2.18. The molecule has 1 aromatic carbocycles. The first-order valence-electron chi connectivity index (χ1n) is 7.41. The first kappa shape index (κ1) is 15.0. The number of piperidine rings is 1. The van der Waals surface area contributed by atoms with Crippen LogP contribution in [0.25, 0.3) is 0 Å². The van der Waals surface area contributed by atoms with Crippen LogP contribution < -0.4 is 0 Å². The molecule has 1 N–H and O–H groups in total. The van der Waals surface area contributed by atoms with Gasteiger partial charge >= 0.3 is 5.97 Å². The minimum Gasteiger partial charge on any atom is -0.480 e.